The molecule has 2 aromatic carbocycles. The number of nitrogens with one attached hydrogen (secondary N) is 2. The average Bonchev–Trinajstić information content (AvgIpc) is 3.54. The highest BCUT2D eigenvalue weighted by molar-refractivity contribution is 5.98. The third-order valence-corrected chi connectivity index (χ3v) is 6.50. The number of hydrogen-bond donors (Lipinski definition) is 2. The largest absolute Gasteiger partial charge is 0.454 e. The molecule has 34 heavy (non-hydrogen) atoms. The van der Waals surface area contributed by atoms with Crippen molar-refractivity contribution in [2.45, 2.75) is 37.8 Å². The molecule has 2 heterocycles. The summed E-state index contributed by atoms with van der Waals surface area (Å²) in [5.74, 6) is -0.317. The van der Waals surface area contributed by atoms with E-state index in [9.17, 15) is 18.8 Å². The van der Waals surface area contributed by atoms with E-state index < -0.39 is 11.9 Å². The fourth-order valence-corrected chi connectivity index (χ4v) is 4.42. The first-order chi connectivity index (χ1) is 16.5. The minimum absolute atomic E-state index is 0.111. The van der Waals surface area contributed by atoms with Crippen molar-refractivity contribution in [1.82, 2.24) is 15.5 Å². The van der Waals surface area contributed by atoms with E-state index in [0.29, 0.717) is 48.6 Å². The van der Waals surface area contributed by atoms with E-state index in [1.807, 2.05) is 0 Å². The third kappa shape index (κ3) is 4.83. The Kier molecular flexibility index (Phi) is 6.08. The van der Waals surface area contributed by atoms with Crippen molar-refractivity contribution in [3.8, 4) is 11.5 Å². The van der Waals surface area contributed by atoms with Gasteiger partial charge in [0.15, 0.2) is 11.5 Å². The van der Waals surface area contributed by atoms with Crippen LogP contribution in [0, 0.1) is 11.7 Å². The molecule has 3 amide bonds. The lowest BCUT2D eigenvalue weighted by molar-refractivity contribution is -0.124. The van der Waals surface area contributed by atoms with Gasteiger partial charge in [0.2, 0.25) is 12.7 Å². The minimum atomic E-state index is -0.718. The number of likely N-dealkylation sites (tertiary alicyclic amines) is 1. The summed E-state index contributed by atoms with van der Waals surface area (Å²) < 4.78 is 24.2. The number of rotatable bonds is 6. The van der Waals surface area contributed by atoms with Gasteiger partial charge in [-0.05, 0) is 68.0 Å². The van der Waals surface area contributed by atoms with E-state index >= 15 is 0 Å². The standard InChI is InChI=1S/C25H26FN3O5/c26-18-3-1-2-17(12-18)25(32)29-10-8-15(9-11-29)22(24(31)27-19-5-6-19)28-23(30)16-4-7-20-21(13-16)34-14-33-20/h1-4,7,12-13,15,19,22H,5-6,8-11,14H2,(H,27,31)(H,28,30). The molecule has 1 unspecified atom stereocenters. The van der Waals surface area contributed by atoms with E-state index in [0.717, 1.165) is 12.8 Å². The predicted octanol–water partition coefficient (Wildman–Crippen LogP) is 2.48. The second-order valence-corrected chi connectivity index (χ2v) is 8.94. The Labute approximate surface area is 196 Å². The Morgan fingerprint density at radius 2 is 1.71 bits per heavy atom. The SMILES string of the molecule is O=C(NC(C(=O)NC1CC1)C1CCN(C(=O)c2cccc(F)c2)CC1)c1ccc2c(c1)OCO2. The van der Waals surface area contributed by atoms with E-state index in [-0.39, 0.29) is 36.5 Å². The number of benzene rings is 2. The second kappa shape index (κ2) is 9.32. The van der Waals surface area contributed by atoms with Crippen LogP contribution < -0.4 is 20.1 Å². The van der Waals surface area contributed by atoms with Crippen molar-refractivity contribution >= 4 is 17.7 Å². The number of fused-ring (bicyclic) bond motifs is 1. The van der Waals surface area contributed by atoms with Crippen molar-refractivity contribution in [2.75, 3.05) is 19.9 Å². The fraction of sp³-hybridized carbons (Fsp3) is 0.400. The molecule has 178 valence electrons. The van der Waals surface area contributed by atoms with E-state index in [4.69, 9.17) is 9.47 Å². The number of hydrogen-bond acceptors (Lipinski definition) is 5. The molecule has 0 bridgehead atoms. The maximum Gasteiger partial charge on any atom is 0.253 e. The molecule has 1 saturated heterocycles. The van der Waals surface area contributed by atoms with Crippen molar-refractivity contribution in [1.29, 1.82) is 0 Å². The van der Waals surface area contributed by atoms with Crippen molar-refractivity contribution in [3.63, 3.8) is 0 Å². The van der Waals surface area contributed by atoms with Crippen LogP contribution in [0.2, 0.25) is 0 Å². The van der Waals surface area contributed by atoms with Crippen molar-refractivity contribution in [3.05, 3.63) is 59.4 Å². The molecule has 2 N–H and O–H groups in total. The molecule has 1 atom stereocenters. The summed E-state index contributed by atoms with van der Waals surface area (Å²) in [7, 11) is 0. The minimum Gasteiger partial charge on any atom is -0.454 e. The summed E-state index contributed by atoms with van der Waals surface area (Å²) >= 11 is 0. The molecule has 1 aliphatic carbocycles. The smallest absolute Gasteiger partial charge is 0.253 e. The Balaban J connectivity index is 1.26. The summed E-state index contributed by atoms with van der Waals surface area (Å²) in [5, 5.41) is 5.91. The van der Waals surface area contributed by atoms with Gasteiger partial charge >= 0.3 is 0 Å². The van der Waals surface area contributed by atoms with Crippen LogP contribution in [0.15, 0.2) is 42.5 Å². The summed E-state index contributed by atoms with van der Waals surface area (Å²) in [6.45, 7) is 0.958. The Hall–Kier alpha value is -3.62. The molecule has 0 aromatic heterocycles. The maximum absolute atomic E-state index is 13.5. The first-order valence-corrected chi connectivity index (χ1v) is 11.5. The van der Waals surface area contributed by atoms with Gasteiger partial charge in [0.1, 0.15) is 11.9 Å². The lowest BCUT2D eigenvalue weighted by Gasteiger charge is -2.36. The number of piperidine rings is 1. The van der Waals surface area contributed by atoms with Gasteiger partial charge in [0.05, 0.1) is 0 Å². The molecule has 5 rings (SSSR count). The number of halogens is 1. The van der Waals surface area contributed by atoms with Crippen LogP contribution in [0.1, 0.15) is 46.4 Å². The normalized spacial score (nSPS) is 18.3. The number of carbonyl (C=O) groups is 3. The molecule has 0 radical (unpaired) electrons. The Morgan fingerprint density at radius 1 is 0.941 bits per heavy atom. The number of ether oxygens (including phenoxy) is 2. The molecule has 0 spiro atoms. The van der Waals surface area contributed by atoms with Gasteiger partial charge in [-0.25, -0.2) is 4.39 Å². The lowest BCUT2D eigenvalue weighted by atomic mass is 9.88. The van der Waals surface area contributed by atoms with E-state index in [1.54, 1.807) is 29.2 Å². The van der Waals surface area contributed by atoms with Crippen LogP contribution in [0.5, 0.6) is 11.5 Å². The van der Waals surface area contributed by atoms with Gasteiger partial charge in [-0.1, -0.05) is 6.07 Å². The first-order valence-electron chi connectivity index (χ1n) is 11.5. The van der Waals surface area contributed by atoms with Gasteiger partial charge < -0.3 is 25.0 Å². The lowest BCUT2D eigenvalue weighted by Crippen LogP contribution is -2.54. The summed E-state index contributed by atoms with van der Waals surface area (Å²) in [6.07, 6.45) is 2.97. The zero-order valence-electron chi connectivity index (χ0n) is 18.6. The van der Waals surface area contributed by atoms with Gasteiger partial charge in [0, 0.05) is 30.3 Å². The van der Waals surface area contributed by atoms with E-state index in [2.05, 4.69) is 10.6 Å². The van der Waals surface area contributed by atoms with Crippen molar-refractivity contribution in [2.24, 2.45) is 5.92 Å². The van der Waals surface area contributed by atoms with Crippen LogP contribution >= 0.6 is 0 Å². The molecule has 3 aliphatic rings. The number of nitrogens with zero attached hydrogens (tertiary/aromatic N) is 1. The van der Waals surface area contributed by atoms with Crippen LogP contribution in [0.4, 0.5) is 4.39 Å². The second-order valence-electron chi connectivity index (χ2n) is 8.94. The topological polar surface area (TPSA) is 97.0 Å². The molecular weight excluding hydrogens is 441 g/mol. The van der Waals surface area contributed by atoms with Crippen LogP contribution in [0.25, 0.3) is 0 Å². The molecule has 8 nitrogen and oxygen atoms in total. The van der Waals surface area contributed by atoms with Gasteiger partial charge in [-0.2, -0.15) is 0 Å². The van der Waals surface area contributed by atoms with Gasteiger partial charge in [-0.15, -0.1) is 0 Å². The Morgan fingerprint density at radius 3 is 2.44 bits per heavy atom. The van der Waals surface area contributed by atoms with Gasteiger partial charge in [0.25, 0.3) is 11.8 Å². The summed E-state index contributed by atoms with van der Waals surface area (Å²) in [4.78, 5) is 40.5. The molecule has 2 fully saturated rings. The fourth-order valence-electron chi connectivity index (χ4n) is 4.42. The zero-order chi connectivity index (χ0) is 23.7. The monoisotopic (exact) mass is 467 g/mol. The van der Waals surface area contributed by atoms with Crippen LogP contribution in [0.3, 0.4) is 0 Å². The van der Waals surface area contributed by atoms with Crippen LogP contribution in [-0.2, 0) is 4.79 Å². The number of amides is 3. The summed E-state index contributed by atoms with van der Waals surface area (Å²) in [5.41, 5.74) is 0.685. The average molecular weight is 467 g/mol. The molecular formula is C25H26FN3O5. The predicted molar refractivity (Wildman–Crippen MR) is 120 cm³/mol. The highest BCUT2D eigenvalue weighted by Crippen LogP contribution is 2.32. The van der Waals surface area contributed by atoms with Crippen molar-refractivity contribution < 1.29 is 28.2 Å². The third-order valence-electron chi connectivity index (χ3n) is 6.50. The molecule has 2 aliphatic heterocycles. The first kappa shape index (κ1) is 22.2. The number of carbonyl (C=O) groups excluding carboxylic acids is 3. The quantitative estimate of drug-likeness (QED) is 0.681. The highest BCUT2D eigenvalue weighted by Gasteiger charge is 2.36. The zero-order valence-corrected chi connectivity index (χ0v) is 18.6. The van der Waals surface area contributed by atoms with Gasteiger partial charge in [-0.3, -0.25) is 14.4 Å². The van der Waals surface area contributed by atoms with Crippen LogP contribution in [-0.4, -0.2) is 54.6 Å². The maximum atomic E-state index is 13.5. The highest BCUT2D eigenvalue weighted by atomic mass is 19.1. The molecule has 1 saturated carbocycles. The molecule has 2 aromatic rings. The van der Waals surface area contributed by atoms with E-state index in [1.165, 1.54) is 18.2 Å². The summed E-state index contributed by atoms with van der Waals surface area (Å²) in [6, 6.07) is 9.99. The molecule has 9 heteroatoms. The Bertz CT molecular complexity index is 1110.